The van der Waals surface area contributed by atoms with Crippen LogP contribution in [0.3, 0.4) is 0 Å². The van der Waals surface area contributed by atoms with Crippen molar-refractivity contribution in [1.82, 2.24) is 0 Å². The Morgan fingerprint density at radius 2 is 2.00 bits per heavy atom. The van der Waals surface area contributed by atoms with Gasteiger partial charge < -0.3 is 25.2 Å². The Hall–Kier alpha value is -0.200. The van der Waals surface area contributed by atoms with E-state index in [0.29, 0.717) is 0 Å². The third kappa shape index (κ3) is 1.14. The molecular weight excluding hydrogens is 140 g/mol. The first-order valence-electron chi connectivity index (χ1n) is 3.72. The Labute approximate surface area is 60.3 Å². The molecule has 1 heterocycles. The van der Waals surface area contributed by atoms with Gasteiger partial charge in [0, 0.05) is 0 Å². The van der Waals surface area contributed by atoms with Crippen LogP contribution in [0.15, 0.2) is 0 Å². The average Bonchev–Trinajstić information content (AvgIpc) is 2.14. The number of rotatable bonds is 1. The highest BCUT2D eigenvalue weighted by atomic mass is 16.6. The predicted octanol–water partition coefficient (Wildman–Crippen LogP) is -2.58. The Morgan fingerprint density at radius 1 is 1.40 bits per heavy atom. The summed E-state index contributed by atoms with van der Waals surface area (Å²) in [5.74, 6) is 0. The van der Waals surface area contributed by atoms with E-state index in [4.69, 9.17) is 23.2 Å². The molecule has 4 atom stereocenters. The van der Waals surface area contributed by atoms with Crippen LogP contribution in [0.2, 0.25) is 0 Å². The second-order valence-electron chi connectivity index (χ2n) is 1.92. The highest BCUT2D eigenvalue weighted by Gasteiger charge is 2.41. The van der Waals surface area contributed by atoms with Crippen molar-refractivity contribution in [3.8, 4) is 0 Å². The third-order valence-corrected chi connectivity index (χ3v) is 1.26. The fourth-order valence-electron chi connectivity index (χ4n) is 0.692. The largest absolute Gasteiger partial charge is 0.394 e. The summed E-state index contributed by atoms with van der Waals surface area (Å²) in [6.45, 7) is -0.910. The summed E-state index contributed by atoms with van der Waals surface area (Å²) in [6.07, 6.45) is -8.84. The Kier molecular flexibility index (Phi) is 1.53. The fourth-order valence-corrected chi connectivity index (χ4v) is 0.692. The van der Waals surface area contributed by atoms with Gasteiger partial charge in [0.15, 0.2) is 6.29 Å². The predicted molar refractivity (Wildman–Crippen MR) is 30.0 cm³/mol. The molecular formula is C5H10O5. The van der Waals surface area contributed by atoms with E-state index >= 15 is 0 Å². The van der Waals surface area contributed by atoms with Gasteiger partial charge in [-0.15, -0.1) is 0 Å². The van der Waals surface area contributed by atoms with Gasteiger partial charge in [-0.05, 0) is 0 Å². The first kappa shape index (κ1) is 5.45. The molecule has 0 amide bonds. The van der Waals surface area contributed by atoms with Crippen molar-refractivity contribution in [3.63, 3.8) is 0 Å². The number of aliphatic hydroxyl groups excluding tert-OH is 3. The highest BCUT2D eigenvalue weighted by Crippen LogP contribution is 2.18. The van der Waals surface area contributed by atoms with Crippen LogP contribution >= 0.6 is 0 Å². The van der Waals surface area contributed by atoms with Crippen molar-refractivity contribution in [1.29, 1.82) is 0 Å². The van der Waals surface area contributed by atoms with E-state index in [0.717, 1.165) is 0 Å². The van der Waals surface area contributed by atoms with E-state index in [9.17, 15) is 0 Å². The van der Waals surface area contributed by atoms with Crippen LogP contribution in [0.4, 0.5) is 0 Å². The van der Waals surface area contributed by atoms with Crippen LogP contribution in [0.1, 0.15) is 2.74 Å². The maximum Gasteiger partial charge on any atom is 0.184 e. The molecule has 1 fully saturated rings. The summed E-state index contributed by atoms with van der Waals surface area (Å²) < 4.78 is 18.4. The van der Waals surface area contributed by atoms with Crippen molar-refractivity contribution >= 4 is 0 Å². The second kappa shape index (κ2) is 2.81. The van der Waals surface area contributed by atoms with E-state index < -0.39 is 31.2 Å². The maximum atomic E-state index is 9.08. The van der Waals surface area contributed by atoms with Gasteiger partial charge in [0.2, 0.25) is 0 Å². The lowest BCUT2D eigenvalue weighted by atomic mass is 10.1. The lowest BCUT2D eigenvalue weighted by Gasteiger charge is -2.09. The van der Waals surface area contributed by atoms with E-state index in [-0.39, 0.29) is 0 Å². The van der Waals surface area contributed by atoms with Crippen molar-refractivity contribution in [2.24, 2.45) is 0 Å². The zero-order valence-corrected chi connectivity index (χ0v) is 5.06. The number of hydrogen-bond donors (Lipinski definition) is 4. The quantitative estimate of drug-likeness (QED) is 0.331. The van der Waals surface area contributed by atoms with Crippen LogP contribution < -0.4 is 0 Å². The first-order chi connectivity index (χ1) is 5.34. The molecule has 0 radical (unpaired) electrons. The molecule has 0 aliphatic carbocycles. The lowest BCUT2D eigenvalue weighted by molar-refractivity contribution is -0.132. The van der Waals surface area contributed by atoms with Gasteiger partial charge >= 0.3 is 0 Å². The SMILES string of the molecule is [2H][C@]1(CO)O[C@@H](O)[C@@]([2H])(O)C1O. The van der Waals surface area contributed by atoms with Crippen LogP contribution in [0.5, 0.6) is 0 Å². The van der Waals surface area contributed by atoms with E-state index in [2.05, 4.69) is 4.74 Å². The monoisotopic (exact) mass is 152 g/mol. The molecule has 1 saturated heterocycles. The van der Waals surface area contributed by atoms with Crippen LogP contribution in [-0.2, 0) is 4.74 Å². The smallest absolute Gasteiger partial charge is 0.184 e. The lowest BCUT2D eigenvalue weighted by Crippen LogP contribution is -2.33. The molecule has 0 aromatic rings. The summed E-state index contributed by atoms with van der Waals surface area (Å²) in [7, 11) is 0. The molecule has 1 rings (SSSR count). The molecule has 5 nitrogen and oxygen atoms in total. The summed E-state index contributed by atoms with van der Waals surface area (Å²) in [4.78, 5) is 0. The molecule has 0 aromatic heterocycles. The van der Waals surface area contributed by atoms with Crippen LogP contribution in [0, 0.1) is 0 Å². The van der Waals surface area contributed by atoms with E-state index in [1.54, 1.807) is 0 Å². The van der Waals surface area contributed by atoms with Crippen LogP contribution in [0.25, 0.3) is 0 Å². The normalized spacial score (nSPS) is 65.6. The van der Waals surface area contributed by atoms with Crippen molar-refractivity contribution < 1.29 is 27.9 Å². The second-order valence-corrected chi connectivity index (χ2v) is 1.92. The molecule has 0 bridgehead atoms. The number of ether oxygens (including phenoxy) is 1. The molecule has 5 heteroatoms. The van der Waals surface area contributed by atoms with Crippen molar-refractivity contribution in [2.45, 2.75) is 24.6 Å². The van der Waals surface area contributed by atoms with Gasteiger partial charge in [0.05, 0.1) is 9.35 Å². The van der Waals surface area contributed by atoms with Gasteiger partial charge in [-0.1, -0.05) is 0 Å². The molecule has 10 heavy (non-hydrogen) atoms. The topological polar surface area (TPSA) is 90.2 Å². The van der Waals surface area contributed by atoms with E-state index in [1.165, 1.54) is 0 Å². The number of aliphatic hydroxyl groups is 4. The zero-order chi connectivity index (χ0) is 9.57. The Bertz CT molecular complexity index is 187. The molecule has 0 aromatic carbocycles. The minimum atomic E-state index is -2.66. The first-order valence-corrected chi connectivity index (χ1v) is 2.72. The summed E-state index contributed by atoms with van der Waals surface area (Å²) in [5, 5.41) is 35.5. The molecule has 1 aliphatic rings. The average molecular weight is 152 g/mol. The Balaban J connectivity index is 2.90. The van der Waals surface area contributed by atoms with Crippen molar-refractivity contribution in [3.05, 3.63) is 0 Å². The van der Waals surface area contributed by atoms with Gasteiger partial charge in [-0.2, -0.15) is 0 Å². The third-order valence-electron chi connectivity index (χ3n) is 1.26. The van der Waals surface area contributed by atoms with E-state index in [1.807, 2.05) is 0 Å². The maximum absolute atomic E-state index is 9.08. The molecule has 4 N–H and O–H groups in total. The molecule has 60 valence electrons. The molecule has 0 spiro atoms. The summed E-state index contributed by atoms with van der Waals surface area (Å²) >= 11 is 0. The minimum Gasteiger partial charge on any atom is -0.394 e. The standard InChI is InChI=1S/C5H10O5/c6-1-2-3(7)4(8)5(9)10-2/h2-9H,1H2/t2-,3?,4+,5-/m1/s1/i2D,4D. The van der Waals surface area contributed by atoms with Gasteiger partial charge in [-0.25, -0.2) is 0 Å². The van der Waals surface area contributed by atoms with Crippen molar-refractivity contribution in [2.75, 3.05) is 6.61 Å². The van der Waals surface area contributed by atoms with Gasteiger partial charge in [-0.3, -0.25) is 0 Å². The number of hydrogen-bond acceptors (Lipinski definition) is 5. The molecule has 1 unspecified atom stereocenters. The minimum absolute atomic E-state index is 0.910. The fraction of sp³-hybridized carbons (Fsp3) is 1.00. The van der Waals surface area contributed by atoms with Crippen LogP contribution in [-0.4, -0.2) is 51.6 Å². The van der Waals surface area contributed by atoms with Gasteiger partial charge in [0.25, 0.3) is 0 Å². The van der Waals surface area contributed by atoms with Gasteiger partial charge in [0.1, 0.15) is 18.3 Å². The summed E-state index contributed by atoms with van der Waals surface area (Å²) in [5.41, 5.74) is 0. The summed E-state index contributed by atoms with van der Waals surface area (Å²) in [6, 6.07) is 0. The zero-order valence-electron chi connectivity index (χ0n) is 7.06. The molecule has 0 saturated carbocycles. The Morgan fingerprint density at radius 3 is 2.20 bits per heavy atom. The molecule has 1 aliphatic heterocycles. The highest BCUT2D eigenvalue weighted by molar-refractivity contribution is 4.84.